The average Bonchev–Trinajstić information content (AvgIpc) is 2.16. The highest BCUT2D eigenvalue weighted by Gasteiger charge is 2.20. The quantitative estimate of drug-likeness (QED) is 0.496. The number of imidazole rings is 1. The highest BCUT2D eigenvalue weighted by molar-refractivity contribution is 5.80. The van der Waals surface area contributed by atoms with Crippen molar-refractivity contribution < 1.29 is 14.5 Å². The molecule has 4 nitrogen and oxygen atoms in total. The summed E-state index contributed by atoms with van der Waals surface area (Å²) in [7, 11) is 3.43. The van der Waals surface area contributed by atoms with Crippen LogP contribution in [-0.2, 0) is 14.1 Å². The molecular weight excluding hydrogens is 156 g/mol. The monoisotopic (exact) mass is 168 g/mol. The van der Waals surface area contributed by atoms with Gasteiger partial charge >= 0.3 is 5.82 Å². The van der Waals surface area contributed by atoms with E-state index < -0.39 is 5.97 Å². The minimum atomic E-state index is -1.14. The minimum Gasteiger partial charge on any atom is -0.538 e. The van der Waals surface area contributed by atoms with E-state index in [-0.39, 0.29) is 5.82 Å². The summed E-state index contributed by atoms with van der Waals surface area (Å²) in [6.45, 7) is 3.75. The fraction of sp³-hybridized carbons (Fsp3) is 0.500. The van der Waals surface area contributed by atoms with Crippen LogP contribution >= 0.6 is 0 Å². The van der Waals surface area contributed by atoms with Crippen LogP contribution in [-0.4, -0.2) is 10.5 Å². The number of carbonyl (C=O) groups is 1. The SMILES string of the molecule is Cc1c(C)[n+](C)c(C(=O)[O-])n1C. The number of hydrogen-bond donors (Lipinski definition) is 0. The number of aromatic nitrogens is 2. The lowest BCUT2D eigenvalue weighted by Crippen LogP contribution is -2.42. The second-order valence-corrected chi connectivity index (χ2v) is 2.90. The van der Waals surface area contributed by atoms with Crippen LogP contribution < -0.4 is 9.67 Å². The van der Waals surface area contributed by atoms with Crippen LogP contribution in [0.4, 0.5) is 0 Å². The molecule has 12 heavy (non-hydrogen) atoms. The normalized spacial score (nSPS) is 10.3. The molecule has 0 saturated carbocycles. The van der Waals surface area contributed by atoms with Gasteiger partial charge in [0.05, 0.1) is 14.1 Å². The highest BCUT2D eigenvalue weighted by Crippen LogP contribution is 2.03. The largest absolute Gasteiger partial charge is 0.538 e. The van der Waals surface area contributed by atoms with Crippen LogP contribution in [0.1, 0.15) is 22.0 Å². The van der Waals surface area contributed by atoms with Gasteiger partial charge in [-0.2, -0.15) is 0 Å². The molecule has 0 amide bonds. The maximum absolute atomic E-state index is 10.7. The topological polar surface area (TPSA) is 48.9 Å². The molecule has 1 aromatic heterocycles. The molecule has 1 aromatic rings. The number of rotatable bonds is 1. The van der Waals surface area contributed by atoms with Crippen LogP contribution in [0.25, 0.3) is 0 Å². The van der Waals surface area contributed by atoms with E-state index in [9.17, 15) is 9.90 Å². The molecule has 4 heteroatoms. The third-order valence-corrected chi connectivity index (χ3v) is 2.35. The first-order valence-corrected chi connectivity index (χ1v) is 3.70. The number of aromatic carboxylic acids is 1. The lowest BCUT2D eigenvalue weighted by Gasteiger charge is -1.97. The fourth-order valence-electron chi connectivity index (χ4n) is 1.30. The molecule has 1 rings (SSSR count). The second kappa shape index (κ2) is 2.62. The van der Waals surface area contributed by atoms with E-state index in [1.54, 1.807) is 23.2 Å². The summed E-state index contributed by atoms with van der Waals surface area (Å²) in [5.74, 6) is -0.943. The van der Waals surface area contributed by atoms with Crippen molar-refractivity contribution in [2.75, 3.05) is 0 Å². The summed E-state index contributed by atoms with van der Waals surface area (Å²) in [6, 6.07) is 0. The molecule has 0 atom stereocenters. The van der Waals surface area contributed by atoms with Crippen molar-refractivity contribution in [1.82, 2.24) is 4.57 Å². The van der Waals surface area contributed by atoms with Gasteiger partial charge in [0.2, 0.25) is 0 Å². The Morgan fingerprint density at radius 1 is 1.50 bits per heavy atom. The molecule has 0 aliphatic rings. The van der Waals surface area contributed by atoms with Crippen LogP contribution in [0.3, 0.4) is 0 Å². The van der Waals surface area contributed by atoms with Crippen molar-refractivity contribution in [2.24, 2.45) is 14.1 Å². The first kappa shape index (κ1) is 8.77. The van der Waals surface area contributed by atoms with Gasteiger partial charge in [-0.25, -0.2) is 9.13 Å². The predicted molar refractivity (Wildman–Crippen MR) is 40.4 cm³/mol. The zero-order valence-electron chi connectivity index (χ0n) is 7.71. The molecule has 0 bridgehead atoms. The zero-order valence-corrected chi connectivity index (χ0v) is 7.71. The molecule has 1 heterocycles. The third-order valence-electron chi connectivity index (χ3n) is 2.35. The molecule has 0 unspecified atom stereocenters. The lowest BCUT2D eigenvalue weighted by atomic mass is 10.4. The molecule has 66 valence electrons. The van der Waals surface area contributed by atoms with E-state index in [2.05, 4.69) is 0 Å². The number of carboxylic acid groups (broad SMARTS) is 1. The number of carbonyl (C=O) groups excluding carboxylic acids is 1. The van der Waals surface area contributed by atoms with E-state index in [0.29, 0.717) is 0 Å². The minimum absolute atomic E-state index is 0.199. The van der Waals surface area contributed by atoms with Gasteiger partial charge in [-0.05, 0) is 0 Å². The Kier molecular flexibility index (Phi) is 1.92. The maximum atomic E-state index is 10.7. The highest BCUT2D eigenvalue weighted by atomic mass is 16.4. The summed E-state index contributed by atoms with van der Waals surface area (Å²) in [6.07, 6.45) is 0. The van der Waals surface area contributed by atoms with Gasteiger partial charge in [0.15, 0.2) is 5.97 Å². The molecule has 0 aromatic carbocycles. The maximum Gasteiger partial charge on any atom is 0.304 e. The van der Waals surface area contributed by atoms with Crippen molar-refractivity contribution in [1.29, 1.82) is 0 Å². The Labute approximate surface area is 71.1 Å². The van der Waals surface area contributed by atoms with E-state index in [1.807, 2.05) is 13.8 Å². The second-order valence-electron chi connectivity index (χ2n) is 2.90. The zero-order chi connectivity index (χ0) is 9.46. The molecule has 0 spiro atoms. The summed E-state index contributed by atoms with van der Waals surface area (Å²) in [4.78, 5) is 10.7. The Bertz CT molecular complexity index is 314. The third kappa shape index (κ3) is 0.995. The van der Waals surface area contributed by atoms with E-state index in [4.69, 9.17) is 0 Å². The van der Waals surface area contributed by atoms with E-state index in [1.165, 1.54) is 0 Å². The van der Waals surface area contributed by atoms with Gasteiger partial charge in [-0.15, -0.1) is 0 Å². The van der Waals surface area contributed by atoms with Crippen molar-refractivity contribution in [3.63, 3.8) is 0 Å². The first-order chi connectivity index (χ1) is 5.46. The molecule has 0 saturated heterocycles. The van der Waals surface area contributed by atoms with Crippen molar-refractivity contribution >= 4 is 5.97 Å². The summed E-state index contributed by atoms with van der Waals surface area (Å²) < 4.78 is 3.23. The summed E-state index contributed by atoms with van der Waals surface area (Å²) >= 11 is 0. The first-order valence-electron chi connectivity index (χ1n) is 3.70. The standard InChI is InChI=1S/C8H12N2O2/c1-5-6(2)10(4)7(8(11)12)9(5)3/h1-4H3. The van der Waals surface area contributed by atoms with E-state index in [0.717, 1.165) is 11.4 Å². The number of hydrogen-bond acceptors (Lipinski definition) is 2. The van der Waals surface area contributed by atoms with Crippen LogP contribution in [0, 0.1) is 13.8 Å². The van der Waals surface area contributed by atoms with Crippen LogP contribution in [0.5, 0.6) is 0 Å². The van der Waals surface area contributed by atoms with Crippen molar-refractivity contribution in [3.8, 4) is 0 Å². The molecule has 0 fully saturated rings. The fourth-order valence-corrected chi connectivity index (χ4v) is 1.30. The van der Waals surface area contributed by atoms with Gasteiger partial charge < -0.3 is 9.90 Å². The molecular formula is C8H12N2O2. The summed E-state index contributed by atoms with van der Waals surface area (Å²) in [5.41, 5.74) is 1.88. The van der Waals surface area contributed by atoms with Gasteiger partial charge in [0.1, 0.15) is 11.4 Å². The van der Waals surface area contributed by atoms with Crippen LogP contribution in [0.15, 0.2) is 0 Å². The molecule has 0 radical (unpaired) electrons. The average molecular weight is 168 g/mol. The van der Waals surface area contributed by atoms with E-state index >= 15 is 0 Å². The van der Waals surface area contributed by atoms with Gasteiger partial charge in [0, 0.05) is 13.8 Å². The Morgan fingerprint density at radius 2 is 2.00 bits per heavy atom. The van der Waals surface area contributed by atoms with Crippen molar-refractivity contribution in [3.05, 3.63) is 17.2 Å². The Hall–Kier alpha value is -1.32. The molecule has 0 N–H and O–H groups in total. The Morgan fingerprint density at radius 3 is 2.17 bits per heavy atom. The number of carboxylic acids is 1. The smallest absolute Gasteiger partial charge is 0.304 e. The molecule has 0 aliphatic heterocycles. The summed E-state index contributed by atoms with van der Waals surface area (Å²) in [5, 5.41) is 10.7. The van der Waals surface area contributed by atoms with Gasteiger partial charge in [-0.1, -0.05) is 0 Å². The molecule has 0 aliphatic carbocycles. The number of nitrogens with zero attached hydrogens (tertiary/aromatic N) is 2. The lowest BCUT2D eigenvalue weighted by molar-refractivity contribution is -0.681. The van der Waals surface area contributed by atoms with Gasteiger partial charge in [0.25, 0.3) is 0 Å². The van der Waals surface area contributed by atoms with Crippen LogP contribution in [0.2, 0.25) is 0 Å². The Balaban J connectivity index is 3.48. The predicted octanol–water partition coefficient (Wildman–Crippen LogP) is -1.17. The van der Waals surface area contributed by atoms with Crippen molar-refractivity contribution in [2.45, 2.75) is 13.8 Å². The van der Waals surface area contributed by atoms with Gasteiger partial charge in [-0.3, -0.25) is 0 Å².